The first-order valence-electron chi connectivity index (χ1n) is 13.0. The lowest BCUT2D eigenvalue weighted by molar-refractivity contribution is -0.124. The molecule has 1 aliphatic rings. The average Bonchev–Trinajstić information content (AvgIpc) is 2.98. The Hall–Kier alpha value is -3.43. The largest absolute Gasteiger partial charge is 0.497 e. The van der Waals surface area contributed by atoms with Gasteiger partial charge in [-0.05, 0) is 47.9 Å². The maximum absolute atomic E-state index is 13.7. The number of ether oxygens (including phenoxy) is 2. The van der Waals surface area contributed by atoms with E-state index in [4.69, 9.17) is 32.7 Å². The van der Waals surface area contributed by atoms with E-state index in [2.05, 4.69) is 15.2 Å². The number of carbonyl (C=O) groups is 1. The van der Waals surface area contributed by atoms with Crippen LogP contribution in [0.25, 0.3) is 22.2 Å². The number of aromatic nitrogens is 2. The molecule has 1 saturated heterocycles. The summed E-state index contributed by atoms with van der Waals surface area (Å²) in [6.07, 6.45) is 1.19. The van der Waals surface area contributed by atoms with Crippen molar-refractivity contribution in [2.45, 2.75) is 19.0 Å². The minimum Gasteiger partial charge on any atom is -0.497 e. The van der Waals surface area contributed by atoms with Gasteiger partial charge in [-0.25, -0.2) is 4.98 Å². The summed E-state index contributed by atoms with van der Waals surface area (Å²) in [6, 6.07) is 18.0. The molecule has 1 N–H and O–H groups in total. The summed E-state index contributed by atoms with van der Waals surface area (Å²) < 4.78 is 12.3. The SMILES string of the molecule is COc1cccc(-c2ccc(C(CN3CCOCC3)NC(=O)C(C)n3c(=O)cnc4cc(Cl)c(Cl)cc43)cc2)c1. The van der Waals surface area contributed by atoms with Crippen LogP contribution in [0.3, 0.4) is 0 Å². The molecule has 0 radical (unpaired) electrons. The fourth-order valence-electron chi connectivity index (χ4n) is 4.92. The van der Waals surface area contributed by atoms with Crippen LogP contribution >= 0.6 is 23.2 Å². The minimum atomic E-state index is -0.821. The zero-order chi connectivity index (χ0) is 28.2. The average molecular weight is 582 g/mol. The van der Waals surface area contributed by atoms with Crippen LogP contribution in [0.1, 0.15) is 24.6 Å². The van der Waals surface area contributed by atoms with Crippen LogP contribution in [-0.2, 0) is 9.53 Å². The van der Waals surface area contributed by atoms with Crippen LogP contribution in [-0.4, -0.2) is 60.3 Å². The molecular weight excluding hydrogens is 551 g/mol. The molecule has 2 atom stereocenters. The molecule has 0 aliphatic carbocycles. The quantitative estimate of drug-likeness (QED) is 0.311. The van der Waals surface area contributed by atoms with Crippen LogP contribution in [0.2, 0.25) is 10.0 Å². The van der Waals surface area contributed by atoms with E-state index >= 15 is 0 Å². The summed E-state index contributed by atoms with van der Waals surface area (Å²) in [5.41, 5.74) is 3.55. The summed E-state index contributed by atoms with van der Waals surface area (Å²) >= 11 is 12.4. The van der Waals surface area contributed by atoms with Gasteiger partial charge >= 0.3 is 0 Å². The van der Waals surface area contributed by atoms with Crippen LogP contribution in [0, 0.1) is 0 Å². The van der Waals surface area contributed by atoms with E-state index in [9.17, 15) is 9.59 Å². The van der Waals surface area contributed by atoms with Crippen molar-refractivity contribution in [3.05, 3.63) is 92.8 Å². The third kappa shape index (κ3) is 6.15. The second-order valence-corrected chi connectivity index (χ2v) is 10.5. The normalized spacial score (nSPS) is 15.5. The number of nitrogens with one attached hydrogen (secondary N) is 1. The predicted molar refractivity (Wildman–Crippen MR) is 157 cm³/mol. The third-order valence-electron chi connectivity index (χ3n) is 7.17. The number of benzene rings is 3. The van der Waals surface area contributed by atoms with E-state index in [0.717, 1.165) is 35.5 Å². The van der Waals surface area contributed by atoms with E-state index in [1.165, 1.54) is 10.8 Å². The topological polar surface area (TPSA) is 85.7 Å². The van der Waals surface area contributed by atoms with Gasteiger partial charge in [-0.2, -0.15) is 0 Å². The van der Waals surface area contributed by atoms with Gasteiger partial charge in [-0.15, -0.1) is 0 Å². The summed E-state index contributed by atoms with van der Waals surface area (Å²) in [7, 11) is 1.65. The van der Waals surface area contributed by atoms with Crippen molar-refractivity contribution < 1.29 is 14.3 Å². The van der Waals surface area contributed by atoms with Gasteiger partial charge in [-0.1, -0.05) is 59.6 Å². The second kappa shape index (κ2) is 12.4. The number of amides is 1. The van der Waals surface area contributed by atoms with Crippen molar-refractivity contribution in [1.82, 2.24) is 19.8 Å². The molecule has 1 amide bonds. The van der Waals surface area contributed by atoms with Crippen molar-refractivity contribution in [2.24, 2.45) is 0 Å². The number of hydrogen-bond acceptors (Lipinski definition) is 6. The summed E-state index contributed by atoms with van der Waals surface area (Å²) in [5, 5.41) is 3.80. The Morgan fingerprint density at radius 3 is 2.50 bits per heavy atom. The second-order valence-electron chi connectivity index (χ2n) is 9.73. The maximum Gasteiger partial charge on any atom is 0.270 e. The Bertz CT molecular complexity index is 1570. The van der Waals surface area contributed by atoms with E-state index in [1.54, 1.807) is 26.2 Å². The first kappa shape index (κ1) is 28.1. The summed E-state index contributed by atoms with van der Waals surface area (Å²) in [5.74, 6) is 0.492. The molecule has 208 valence electrons. The third-order valence-corrected chi connectivity index (χ3v) is 7.89. The van der Waals surface area contributed by atoms with Gasteiger partial charge < -0.3 is 14.8 Å². The van der Waals surface area contributed by atoms with Gasteiger partial charge in [0, 0.05) is 19.6 Å². The van der Waals surface area contributed by atoms with Crippen molar-refractivity contribution in [1.29, 1.82) is 0 Å². The van der Waals surface area contributed by atoms with Crippen LogP contribution < -0.4 is 15.6 Å². The van der Waals surface area contributed by atoms with Gasteiger partial charge in [0.05, 0.1) is 53.6 Å². The highest BCUT2D eigenvalue weighted by Gasteiger charge is 2.25. The van der Waals surface area contributed by atoms with Gasteiger partial charge in [0.1, 0.15) is 11.8 Å². The van der Waals surface area contributed by atoms with Crippen LogP contribution in [0.5, 0.6) is 5.75 Å². The summed E-state index contributed by atoms with van der Waals surface area (Å²) in [4.78, 5) is 33.0. The van der Waals surface area contributed by atoms with Gasteiger partial charge in [0.2, 0.25) is 5.91 Å². The molecule has 0 saturated carbocycles. The van der Waals surface area contributed by atoms with E-state index in [1.807, 2.05) is 48.5 Å². The standard InChI is InChI=1S/C30H30Cl2N4O4/c1-19(36-28-16-25(32)24(31)15-26(28)33-17-29(36)37)30(38)34-27(18-35-10-12-40-13-11-35)21-8-6-20(7-9-21)22-4-3-5-23(14-22)39-2/h3-9,14-17,19,27H,10-13,18H2,1-2H3,(H,34,38). The number of fused-ring (bicyclic) bond motifs is 1. The summed E-state index contributed by atoms with van der Waals surface area (Å²) in [6.45, 7) is 5.14. The maximum atomic E-state index is 13.7. The van der Waals surface area contributed by atoms with Crippen LogP contribution in [0.15, 0.2) is 71.7 Å². The van der Waals surface area contributed by atoms with Crippen molar-refractivity contribution in [3.63, 3.8) is 0 Å². The lowest BCUT2D eigenvalue weighted by Gasteiger charge is -2.32. The first-order valence-corrected chi connectivity index (χ1v) is 13.8. The molecular formula is C30H30Cl2N4O4. The van der Waals surface area contributed by atoms with Crippen molar-refractivity contribution in [2.75, 3.05) is 40.0 Å². The number of rotatable bonds is 8. The van der Waals surface area contributed by atoms with Gasteiger partial charge in [0.25, 0.3) is 5.56 Å². The van der Waals surface area contributed by atoms with Crippen molar-refractivity contribution in [3.8, 4) is 16.9 Å². The molecule has 1 fully saturated rings. The smallest absolute Gasteiger partial charge is 0.270 e. The molecule has 4 aromatic rings. The fourth-order valence-corrected chi connectivity index (χ4v) is 5.24. The Kier molecular flexibility index (Phi) is 8.71. The fraction of sp³-hybridized carbons (Fsp3) is 0.300. The number of halogens is 2. The highest BCUT2D eigenvalue weighted by molar-refractivity contribution is 6.42. The molecule has 1 aliphatic heterocycles. The number of methoxy groups -OCH3 is 1. The first-order chi connectivity index (χ1) is 19.3. The molecule has 3 aromatic carbocycles. The number of nitrogens with zero attached hydrogens (tertiary/aromatic N) is 3. The van der Waals surface area contributed by atoms with E-state index < -0.39 is 11.6 Å². The molecule has 0 bridgehead atoms. The predicted octanol–water partition coefficient (Wildman–Crippen LogP) is 5.13. The Balaban J connectivity index is 1.43. The zero-order valence-electron chi connectivity index (χ0n) is 22.3. The van der Waals surface area contributed by atoms with E-state index in [-0.39, 0.29) is 17.0 Å². The molecule has 10 heteroatoms. The molecule has 8 nitrogen and oxygen atoms in total. The molecule has 1 aromatic heterocycles. The number of carbonyl (C=O) groups excluding carboxylic acids is 1. The van der Waals surface area contributed by atoms with Crippen molar-refractivity contribution >= 4 is 40.1 Å². The van der Waals surface area contributed by atoms with E-state index in [0.29, 0.717) is 35.8 Å². The highest BCUT2D eigenvalue weighted by Crippen LogP contribution is 2.28. The Morgan fingerprint density at radius 1 is 1.05 bits per heavy atom. The lowest BCUT2D eigenvalue weighted by Crippen LogP contribution is -2.45. The number of hydrogen-bond donors (Lipinski definition) is 1. The molecule has 2 heterocycles. The highest BCUT2D eigenvalue weighted by atomic mass is 35.5. The Labute approximate surface area is 242 Å². The zero-order valence-corrected chi connectivity index (χ0v) is 23.8. The molecule has 5 rings (SSSR count). The monoisotopic (exact) mass is 580 g/mol. The lowest BCUT2D eigenvalue weighted by atomic mass is 9.99. The number of morpholine rings is 1. The molecule has 0 spiro atoms. The molecule has 2 unspecified atom stereocenters. The minimum absolute atomic E-state index is 0.282. The Morgan fingerprint density at radius 2 is 1.77 bits per heavy atom. The molecule has 40 heavy (non-hydrogen) atoms. The van der Waals surface area contributed by atoms with Gasteiger partial charge in [0.15, 0.2) is 0 Å². The van der Waals surface area contributed by atoms with Crippen LogP contribution in [0.4, 0.5) is 0 Å². The van der Waals surface area contributed by atoms with Gasteiger partial charge in [-0.3, -0.25) is 19.1 Å².